The fourth-order valence-corrected chi connectivity index (χ4v) is 2.54. The van der Waals surface area contributed by atoms with Gasteiger partial charge in [-0.3, -0.25) is 0 Å². The molecule has 0 radical (unpaired) electrons. The van der Waals surface area contributed by atoms with E-state index in [1.807, 2.05) is 0 Å². The highest BCUT2D eigenvalue weighted by molar-refractivity contribution is 7.92. The highest BCUT2D eigenvalue weighted by Gasteiger charge is 2.22. The van der Waals surface area contributed by atoms with Crippen LogP contribution in [0.15, 0.2) is 0 Å². The van der Waals surface area contributed by atoms with Crippen molar-refractivity contribution in [2.24, 2.45) is 5.73 Å². The Labute approximate surface area is 98.5 Å². The van der Waals surface area contributed by atoms with Gasteiger partial charge in [0.25, 0.3) is 0 Å². The number of nitrogens with two attached hydrogens (primary N) is 1. The van der Waals surface area contributed by atoms with E-state index in [4.69, 9.17) is 5.73 Å². The van der Waals surface area contributed by atoms with Crippen LogP contribution in [-0.4, -0.2) is 50.0 Å². The van der Waals surface area contributed by atoms with Crippen molar-refractivity contribution < 1.29 is 8.42 Å². The fraction of sp³-hybridized carbons (Fsp3) is 1.00. The van der Waals surface area contributed by atoms with Crippen LogP contribution in [0.2, 0.25) is 0 Å². The molecule has 1 heterocycles. The molecular formula is C9H21ClN2O2S. The molecule has 0 bridgehead atoms. The van der Waals surface area contributed by atoms with Gasteiger partial charge < -0.3 is 10.6 Å². The van der Waals surface area contributed by atoms with Crippen molar-refractivity contribution >= 4 is 22.2 Å². The van der Waals surface area contributed by atoms with E-state index in [0.717, 1.165) is 19.5 Å². The maximum atomic E-state index is 11.5. The first-order valence-electron chi connectivity index (χ1n) is 5.11. The fourth-order valence-electron chi connectivity index (χ4n) is 1.56. The van der Waals surface area contributed by atoms with Gasteiger partial charge >= 0.3 is 0 Å². The summed E-state index contributed by atoms with van der Waals surface area (Å²) in [6, 6.07) is 0.233. The number of sulfone groups is 1. The largest absolute Gasteiger partial charge is 0.326 e. The Bertz CT molecular complexity index is 280. The van der Waals surface area contributed by atoms with Crippen LogP contribution in [0.3, 0.4) is 0 Å². The number of nitrogens with zero attached hydrogens (tertiary/aromatic N) is 1. The minimum Gasteiger partial charge on any atom is -0.326 e. The summed E-state index contributed by atoms with van der Waals surface area (Å²) in [7, 11) is -2.89. The summed E-state index contributed by atoms with van der Waals surface area (Å²) in [6.45, 7) is 5.87. The van der Waals surface area contributed by atoms with Crippen molar-refractivity contribution in [2.45, 2.75) is 31.6 Å². The smallest absolute Gasteiger partial charge is 0.153 e. The Balaban J connectivity index is 0.00000196. The second-order valence-corrected chi connectivity index (χ2v) is 6.94. The molecule has 2 N–H and O–H groups in total. The molecule has 0 saturated carbocycles. The first-order chi connectivity index (χ1) is 6.42. The lowest BCUT2D eigenvalue weighted by molar-refractivity contribution is 0.354. The molecule has 4 nitrogen and oxygen atoms in total. The zero-order valence-electron chi connectivity index (χ0n) is 9.35. The minimum absolute atomic E-state index is 0. The first kappa shape index (κ1) is 15.2. The standard InChI is InChI=1S/C9H20N2O2S.ClH/c1-8(2)14(12,13)6-5-11-4-3-9(10)7-11;/h8-9H,3-7,10H2,1-2H3;1H. The maximum Gasteiger partial charge on any atom is 0.153 e. The van der Waals surface area contributed by atoms with Crippen LogP contribution < -0.4 is 5.73 Å². The molecule has 1 fully saturated rings. The van der Waals surface area contributed by atoms with Gasteiger partial charge in [0.1, 0.15) is 0 Å². The molecule has 1 saturated heterocycles. The van der Waals surface area contributed by atoms with E-state index in [9.17, 15) is 8.42 Å². The molecule has 0 aromatic rings. The molecule has 92 valence electrons. The van der Waals surface area contributed by atoms with Crippen LogP contribution in [0.1, 0.15) is 20.3 Å². The van der Waals surface area contributed by atoms with E-state index < -0.39 is 9.84 Å². The lowest BCUT2D eigenvalue weighted by Crippen LogP contribution is -2.32. The molecule has 1 atom stereocenters. The summed E-state index contributed by atoms with van der Waals surface area (Å²) in [5.74, 6) is 0.261. The molecule has 1 rings (SSSR count). The van der Waals surface area contributed by atoms with Crippen molar-refractivity contribution in [3.63, 3.8) is 0 Å². The number of hydrogen-bond donors (Lipinski definition) is 1. The molecule has 1 aliphatic rings. The van der Waals surface area contributed by atoms with Crippen LogP contribution in [-0.2, 0) is 9.84 Å². The zero-order valence-corrected chi connectivity index (χ0v) is 11.0. The molecule has 6 heteroatoms. The third-order valence-corrected chi connectivity index (χ3v) is 4.91. The van der Waals surface area contributed by atoms with E-state index in [1.54, 1.807) is 13.8 Å². The van der Waals surface area contributed by atoms with Gasteiger partial charge in [-0.05, 0) is 26.8 Å². The highest BCUT2D eigenvalue weighted by Crippen LogP contribution is 2.08. The topological polar surface area (TPSA) is 63.4 Å². The van der Waals surface area contributed by atoms with Crippen molar-refractivity contribution in [1.29, 1.82) is 0 Å². The first-order valence-corrected chi connectivity index (χ1v) is 6.83. The van der Waals surface area contributed by atoms with Crippen LogP contribution in [0.25, 0.3) is 0 Å². The summed E-state index contributed by atoms with van der Waals surface area (Å²) in [5.41, 5.74) is 5.73. The molecule has 1 unspecified atom stereocenters. The van der Waals surface area contributed by atoms with E-state index in [0.29, 0.717) is 6.54 Å². The van der Waals surface area contributed by atoms with Crippen molar-refractivity contribution in [2.75, 3.05) is 25.4 Å². The Morgan fingerprint density at radius 3 is 2.47 bits per heavy atom. The van der Waals surface area contributed by atoms with Crippen molar-refractivity contribution in [3.05, 3.63) is 0 Å². The second-order valence-electron chi connectivity index (χ2n) is 4.27. The van der Waals surface area contributed by atoms with Gasteiger partial charge in [0, 0.05) is 19.1 Å². The van der Waals surface area contributed by atoms with E-state index in [-0.39, 0.29) is 29.5 Å². The summed E-state index contributed by atoms with van der Waals surface area (Å²) in [4.78, 5) is 2.13. The number of halogens is 1. The number of likely N-dealkylation sites (tertiary alicyclic amines) is 1. The third-order valence-electron chi connectivity index (χ3n) is 2.72. The van der Waals surface area contributed by atoms with E-state index >= 15 is 0 Å². The normalized spacial score (nSPS) is 23.1. The van der Waals surface area contributed by atoms with Gasteiger partial charge in [0.2, 0.25) is 0 Å². The number of hydrogen-bond acceptors (Lipinski definition) is 4. The Morgan fingerprint density at radius 2 is 2.07 bits per heavy atom. The molecule has 0 amide bonds. The van der Waals surface area contributed by atoms with Crippen LogP contribution in [0.5, 0.6) is 0 Å². The van der Waals surface area contributed by atoms with Crippen molar-refractivity contribution in [1.82, 2.24) is 4.90 Å². The monoisotopic (exact) mass is 256 g/mol. The molecule has 0 spiro atoms. The Morgan fingerprint density at radius 1 is 1.47 bits per heavy atom. The Kier molecular flexibility index (Phi) is 6.10. The van der Waals surface area contributed by atoms with Gasteiger partial charge in [-0.25, -0.2) is 8.42 Å². The lowest BCUT2D eigenvalue weighted by atomic mass is 10.3. The molecule has 15 heavy (non-hydrogen) atoms. The maximum absolute atomic E-state index is 11.5. The average molecular weight is 257 g/mol. The van der Waals surface area contributed by atoms with Crippen LogP contribution >= 0.6 is 12.4 Å². The van der Waals surface area contributed by atoms with E-state index in [2.05, 4.69) is 4.90 Å². The molecule has 0 aromatic carbocycles. The van der Waals surface area contributed by atoms with Gasteiger partial charge in [-0.2, -0.15) is 0 Å². The third kappa shape index (κ3) is 4.68. The summed E-state index contributed by atoms with van der Waals surface area (Å²) in [5, 5.41) is -0.265. The molecule has 0 aromatic heterocycles. The van der Waals surface area contributed by atoms with Crippen LogP contribution in [0.4, 0.5) is 0 Å². The minimum atomic E-state index is -2.89. The predicted octanol–water partition coefficient (Wildman–Crippen LogP) is 0.264. The zero-order chi connectivity index (χ0) is 10.8. The van der Waals surface area contributed by atoms with Gasteiger partial charge in [-0.1, -0.05) is 0 Å². The second kappa shape index (κ2) is 6.03. The predicted molar refractivity (Wildman–Crippen MR) is 65.2 cm³/mol. The highest BCUT2D eigenvalue weighted by atomic mass is 35.5. The lowest BCUT2D eigenvalue weighted by Gasteiger charge is -2.15. The van der Waals surface area contributed by atoms with Gasteiger partial charge in [0.05, 0.1) is 11.0 Å². The van der Waals surface area contributed by atoms with Gasteiger partial charge in [-0.15, -0.1) is 12.4 Å². The van der Waals surface area contributed by atoms with Crippen LogP contribution in [0, 0.1) is 0 Å². The van der Waals surface area contributed by atoms with Crippen molar-refractivity contribution in [3.8, 4) is 0 Å². The molecular weight excluding hydrogens is 236 g/mol. The summed E-state index contributed by atoms with van der Waals surface area (Å²) in [6.07, 6.45) is 0.988. The summed E-state index contributed by atoms with van der Waals surface area (Å²) < 4.78 is 23.0. The van der Waals surface area contributed by atoms with E-state index in [1.165, 1.54) is 0 Å². The van der Waals surface area contributed by atoms with Gasteiger partial charge in [0.15, 0.2) is 9.84 Å². The summed E-state index contributed by atoms with van der Waals surface area (Å²) >= 11 is 0. The molecule has 1 aliphatic heterocycles. The average Bonchev–Trinajstić information content (AvgIpc) is 2.48. The Hall–Kier alpha value is 0.160. The quantitative estimate of drug-likeness (QED) is 0.784. The number of rotatable bonds is 4. The SMILES string of the molecule is CC(C)S(=O)(=O)CCN1CCC(N)C1.Cl. The molecule has 0 aliphatic carbocycles.